The molecule has 4 atom stereocenters. The molecule has 3 heterocycles. The lowest BCUT2D eigenvalue weighted by Crippen LogP contribution is -2.54. The van der Waals surface area contributed by atoms with Gasteiger partial charge in [-0.15, -0.1) is 12.3 Å². The minimum absolute atomic E-state index is 0.103. The Labute approximate surface area is 133 Å². The van der Waals surface area contributed by atoms with E-state index in [0.29, 0.717) is 12.0 Å². The number of ether oxygens (including phenoxy) is 1. The average Bonchev–Trinajstić information content (AvgIpc) is 2.56. The molecule has 1 aromatic carbocycles. The Morgan fingerprint density at radius 1 is 1.48 bits per heavy atom. The molecule has 1 aromatic rings. The van der Waals surface area contributed by atoms with Gasteiger partial charge in [0.25, 0.3) is 0 Å². The van der Waals surface area contributed by atoms with Crippen molar-refractivity contribution in [1.82, 2.24) is 4.90 Å². The Balaban J connectivity index is 1.51. The largest absolute Gasteiger partial charge is 0.448 e. The molecule has 1 N–H and O–H groups in total. The van der Waals surface area contributed by atoms with Crippen LogP contribution in [0.5, 0.6) is 0 Å². The zero-order chi connectivity index (χ0) is 16.4. The zero-order valence-electron chi connectivity index (χ0n) is 12.6. The van der Waals surface area contributed by atoms with Crippen molar-refractivity contribution in [3.63, 3.8) is 0 Å². The van der Waals surface area contributed by atoms with Crippen molar-refractivity contribution in [1.29, 1.82) is 0 Å². The maximum absolute atomic E-state index is 13.5. The maximum Gasteiger partial charge on any atom is 0.411 e. The predicted molar refractivity (Wildman–Crippen MR) is 81.7 cm³/mol. The second-order valence-corrected chi connectivity index (χ2v) is 6.05. The van der Waals surface area contributed by atoms with Gasteiger partial charge in [0, 0.05) is 24.6 Å². The molecule has 0 spiro atoms. The van der Waals surface area contributed by atoms with Gasteiger partial charge >= 0.3 is 6.09 Å². The molecule has 4 rings (SSSR count). The molecule has 0 aromatic heterocycles. The molecule has 23 heavy (non-hydrogen) atoms. The fourth-order valence-electron chi connectivity index (χ4n) is 3.41. The molecule has 1 amide bonds. The molecular formula is C17H18F2N2O2. The summed E-state index contributed by atoms with van der Waals surface area (Å²) in [5.74, 6) is 2.06. The zero-order valence-corrected chi connectivity index (χ0v) is 12.6. The number of anilines is 1. The number of fused-ring (bicyclic) bond motifs is 3. The number of benzene rings is 1. The summed E-state index contributed by atoms with van der Waals surface area (Å²) in [6.07, 6.45) is 6.78. The number of nitrogens with one attached hydrogen (secondary N) is 1. The fourth-order valence-corrected chi connectivity index (χ4v) is 3.41. The monoisotopic (exact) mass is 320 g/mol. The van der Waals surface area contributed by atoms with Crippen LogP contribution in [0.15, 0.2) is 18.2 Å². The van der Waals surface area contributed by atoms with Gasteiger partial charge in [0.05, 0.1) is 5.69 Å². The molecule has 0 radical (unpaired) electrons. The highest BCUT2D eigenvalue weighted by Crippen LogP contribution is 2.35. The Hall–Kier alpha value is -2.13. The van der Waals surface area contributed by atoms with Crippen molar-refractivity contribution < 1.29 is 18.3 Å². The molecule has 3 aliphatic rings. The van der Waals surface area contributed by atoms with Crippen LogP contribution >= 0.6 is 0 Å². The van der Waals surface area contributed by atoms with Crippen molar-refractivity contribution in [3.05, 3.63) is 29.8 Å². The molecule has 6 heteroatoms. The minimum atomic E-state index is -0.834. The molecule has 3 fully saturated rings. The van der Waals surface area contributed by atoms with E-state index in [1.807, 2.05) is 0 Å². The van der Waals surface area contributed by atoms with Crippen LogP contribution in [-0.2, 0) is 4.74 Å². The smallest absolute Gasteiger partial charge is 0.411 e. The summed E-state index contributed by atoms with van der Waals surface area (Å²) in [7, 11) is 0. The topological polar surface area (TPSA) is 41.6 Å². The third kappa shape index (κ3) is 3.45. The number of hydrogen-bond acceptors (Lipinski definition) is 3. The standard InChI is InChI=1S/C17H18F2N2O2/c1-2-11-9-21-6-5-12(11)7-14(21)10-23-17(22)20-16-4-3-13(18)8-15(16)19/h1,3-4,8,11-12,14H,5-7,9-10H2,(H,20,22)/t11-,12-,14+/m0/s1. The van der Waals surface area contributed by atoms with Crippen molar-refractivity contribution >= 4 is 11.8 Å². The van der Waals surface area contributed by atoms with Gasteiger partial charge in [0.1, 0.15) is 18.2 Å². The average molecular weight is 320 g/mol. The number of terminal acetylenes is 1. The molecule has 122 valence electrons. The Bertz CT molecular complexity index is 644. The molecule has 3 saturated heterocycles. The van der Waals surface area contributed by atoms with E-state index in [4.69, 9.17) is 11.2 Å². The van der Waals surface area contributed by atoms with Crippen LogP contribution in [0.1, 0.15) is 12.8 Å². The van der Waals surface area contributed by atoms with Gasteiger partial charge in [-0.05, 0) is 37.4 Å². The Morgan fingerprint density at radius 3 is 2.96 bits per heavy atom. The molecule has 0 saturated carbocycles. The summed E-state index contributed by atoms with van der Waals surface area (Å²) in [6.45, 7) is 2.04. The van der Waals surface area contributed by atoms with E-state index in [9.17, 15) is 13.6 Å². The summed E-state index contributed by atoms with van der Waals surface area (Å²) in [5.41, 5.74) is -0.103. The third-order valence-corrected chi connectivity index (χ3v) is 4.67. The highest BCUT2D eigenvalue weighted by Gasteiger charge is 2.39. The van der Waals surface area contributed by atoms with Gasteiger partial charge in [0.2, 0.25) is 0 Å². The van der Waals surface area contributed by atoms with Crippen LogP contribution in [-0.4, -0.2) is 36.7 Å². The first-order valence-corrected chi connectivity index (χ1v) is 7.66. The van der Waals surface area contributed by atoms with Gasteiger partial charge in [-0.3, -0.25) is 10.2 Å². The summed E-state index contributed by atoms with van der Waals surface area (Å²) in [6, 6.07) is 3.10. The quantitative estimate of drug-likeness (QED) is 0.871. The summed E-state index contributed by atoms with van der Waals surface area (Å²) in [5, 5.41) is 2.29. The summed E-state index contributed by atoms with van der Waals surface area (Å²) in [4.78, 5) is 14.0. The van der Waals surface area contributed by atoms with E-state index in [1.165, 1.54) is 0 Å². The normalized spacial score (nSPS) is 28.9. The minimum Gasteiger partial charge on any atom is -0.448 e. The Kier molecular flexibility index (Phi) is 4.49. The Morgan fingerprint density at radius 2 is 2.30 bits per heavy atom. The molecular weight excluding hydrogens is 302 g/mol. The summed E-state index contributed by atoms with van der Waals surface area (Å²) < 4.78 is 31.5. The van der Waals surface area contributed by atoms with Crippen LogP contribution in [0.4, 0.5) is 19.3 Å². The molecule has 1 unspecified atom stereocenters. The van der Waals surface area contributed by atoms with Crippen molar-refractivity contribution in [2.75, 3.05) is 25.0 Å². The number of nitrogens with zero attached hydrogens (tertiary/aromatic N) is 1. The number of amides is 1. The first-order chi connectivity index (χ1) is 11.1. The van der Waals surface area contributed by atoms with Crippen molar-refractivity contribution in [2.24, 2.45) is 11.8 Å². The highest BCUT2D eigenvalue weighted by atomic mass is 19.1. The first kappa shape index (κ1) is 15.8. The van der Waals surface area contributed by atoms with E-state index >= 15 is 0 Å². The van der Waals surface area contributed by atoms with Crippen LogP contribution in [0, 0.1) is 35.8 Å². The van der Waals surface area contributed by atoms with Crippen LogP contribution in [0.25, 0.3) is 0 Å². The second-order valence-electron chi connectivity index (χ2n) is 6.05. The molecule has 0 aliphatic carbocycles. The van der Waals surface area contributed by atoms with Crippen molar-refractivity contribution in [2.45, 2.75) is 18.9 Å². The second kappa shape index (κ2) is 6.55. The number of piperidine rings is 3. The first-order valence-electron chi connectivity index (χ1n) is 7.66. The van der Waals surface area contributed by atoms with Gasteiger partial charge in [-0.1, -0.05) is 0 Å². The van der Waals surface area contributed by atoms with E-state index in [0.717, 1.165) is 38.1 Å². The van der Waals surface area contributed by atoms with Crippen LogP contribution in [0.2, 0.25) is 0 Å². The van der Waals surface area contributed by atoms with Gasteiger partial charge < -0.3 is 4.74 Å². The lowest BCUT2D eigenvalue weighted by atomic mass is 9.76. The lowest BCUT2D eigenvalue weighted by molar-refractivity contribution is -0.00666. The number of halogens is 2. The maximum atomic E-state index is 13.5. The van der Waals surface area contributed by atoms with E-state index < -0.39 is 17.7 Å². The van der Waals surface area contributed by atoms with E-state index in [-0.39, 0.29) is 24.3 Å². The molecule has 4 nitrogen and oxygen atoms in total. The third-order valence-electron chi connectivity index (χ3n) is 4.67. The van der Waals surface area contributed by atoms with Crippen LogP contribution < -0.4 is 5.32 Å². The number of carbonyl (C=O) groups is 1. The molecule has 3 aliphatic heterocycles. The summed E-state index contributed by atoms with van der Waals surface area (Å²) >= 11 is 0. The van der Waals surface area contributed by atoms with Crippen molar-refractivity contribution in [3.8, 4) is 12.3 Å². The fraction of sp³-hybridized carbons (Fsp3) is 0.471. The molecule has 2 bridgehead atoms. The van der Waals surface area contributed by atoms with Gasteiger partial charge in [0.15, 0.2) is 0 Å². The predicted octanol–water partition coefficient (Wildman–Crippen LogP) is 2.86. The number of carbonyl (C=O) groups excluding carboxylic acids is 1. The van der Waals surface area contributed by atoms with Crippen LogP contribution in [0.3, 0.4) is 0 Å². The SMILES string of the molecule is C#C[C@H]1CN2CC[C@H]1C[C@@H]2COC(=O)Nc1ccc(F)cc1F. The van der Waals surface area contributed by atoms with Gasteiger partial charge in [-0.25, -0.2) is 13.6 Å². The number of rotatable bonds is 3. The van der Waals surface area contributed by atoms with E-state index in [2.05, 4.69) is 16.1 Å². The lowest BCUT2D eigenvalue weighted by Gasteiger charge is -2.48. The van der Waals surface area contributed by atoms with E-state index in [1.54, 1.807) is 0 Å². The highest BCUT2D eigenvalue weighted by molar-refractivity contribution is 5.84. The number of hydrogen-bond donors (Lipinski definition) is 1. The van der Waals surface area contributed by atoms with Gasteiger partial charge in [-0.2, -0.15) is 0 Å².